The molecular weight excluding hydrogens is 392 g/mol. The van der Waals surface area contributed by atoms with Crippen LogP contribution in [0.4, 0.5) is 11.4 Å². The molecule has 0 bridgehead atoms. The van der Waals surface area contributed by atoms with Gasteiger partial charge in [-0.05, 0) is 68.3 Å². The SMILES string of the molecule is CCOc1ccc(NS(=O)(=O)c2cc(C(=O)Nc3cc(C)cc(C)c3)n[nH]2)cc1. The van der Waals surface area contributed by atoms with E-state index in [2.05, 4.69) is 20.2 Å². The number of nitrogens with zero attached hydrogens (tertiary/aromatic N) is 1. The molecule has 1 heterocycles. The van der Waals surface area contributed by atoms with Gasteiger partial charge in [0, 0.05) is 17.4 Å². The average molecular weight is 414 g/mol. The molecule has 3 aromatic rings. The normalized spacial score (nSPS) is 11.1. The number of hydrogen-bond acceptors (Lipinski definition) is 5. The van der Waals surface area contributed by atoms with E-state index >= 15 is 0 Å². The Labute approximate surface area is 169 Å². The van der Waals surface area contributed by atoms with Gasteiger partial charge in [0.2, 0.25) is 0 Å². The van der Waals surface area contributed by atoms with Crippen LogP contribution in [-0.4, -0.2) is 31.1 Å². The first kappa shape index (κ1) is 20.4. The Morgan fingerprint density at radius 2 is 1.69 bits per heavy atom. The second kappa shape index (κ2) is 8.36. The van der Waals surface area contributed by atoms with Gasteiger partial charge in [0.15, 0.2) is 10.7 Å². The van der Waals surface area contributed by atoms with Crippen molar-refractivity contribution in [1.29, 1.82) is 0 Å². The van der Waals surface area contributed by atoms with Gasteiger partial charge in [-0.25, -0.2) is 0 Å². The Morgan fingerprint density at radius 1 is 1.03 bits per heavy atom. The number of amides is 1. The maximum Gasteiger partial charge on any atom is 0.278 e. The topological polar surface area (TPSA) is 113 Å². The van der Waals surface area contributed by atoms with Crippen LogP contribution in [0, 0.1) is 13.8 Å². The molecule has 1 amide bonds. The number of H-pyrrole nitrogens is 1. The van der Waals surface area contributed by atoms with Crippen molar-refractivity contribution in [3.8, 4) is 5.75 Å². The lowest BCUT2D eigenvalue weighted by atomic mass is 10.1. The molecule has 0 aliphatic carbocycles. The molecule has 152 valence electrons. The Morgan fingerprint density at radius 3 is 2.31 bits per heavy atom. The van der Waals surface area contributed by atoms with Crippen LogP contribution in [0.25, 0.3) is 0 Å². The van der Waals surface area contributed by atoms with Gasteiger partial charge in [0.25, 0.3) is 15.9 Å². The lowest BCUT2D eigenvalue weighted by Crippen LogP contribution is -2.14. The van der Waals surface area contributed by atoms with Crippen molar-refractivity contribution in [3.63, 3.8) is 0 Å². The first-order chi connectivity index (χ1) is 13.8. The van der Waals surface area contributed by atoms with Crippen LogP contribution in [0.15, 0.2) is 53.6 Å². The quantitative estimate of drug-likeness (QED) is 0.548. The molecule has 0 aliphatic heterocycles. The summed E-state index contributed by atoms with van der Waals surface area (Å²) in [6.07, 6.45) is 0. The smallest absolute Gasteiger partial charge is 0.278 e. The molecule has 0 radical (unpaired) electrons. The summed E-state index contributed by atoms with van der Waals surface area (Å²) >= 11 is 0. The van der Waals surface area contributed by atoms with Crippen LogP contribution in [0.5, 0.6) is 5.75 Å². The molecular formula is C20H22N4O4S. The summed E-state index contributed by atoms with van der Waals surface area (Å²) in [6, 6.07) is 13.3. The minimum atomic E-state index is -3.93. The summed E-state index contributed by atoms with van der Waals surface area (Å²) < 4.78 is 32.9. The van der Waals surface area contributed by atoms with Crippen LogP contribution in [0.2, 0.25) is 0 Å². The maximum absolute atomic E-state index is 12.6. The first-order valence-electron chi connectivity index (χ1n) is 8.97. The predicted octanol–water partition coefficient (Wildman–Crippen LogP) is 3.48. The van der Waals surface area contributed by atoms with Crippen molar-refractivity contribution in [3.05, 3.63) is 65.4 Å². The third-order valence-electron chi connectivity index (χ3n) is 3.97. The third-order valence-corrected chi connectivity index (χ3v) is 5.27. The van der Waals surface area contributed by atoms with E-state index in [-0.39, 0.29) is 10.7 Å². The summed E-state index contributed by atoms with van der Waals surface area (Å²) in [6.45, 7) is 6.23. The molecule has 29 heavy (non-hydrogen) atoms. The van der Waals surface area contributed by atoms with E-state index in [0.29, 0.717) is 23.7 Å². The molecule has 2 aromatic carbocycles. The summed E-state index contributed by atoms with van der Waals surface area (Å²) in [4.78, 5) is 12.4. The Balaban J connectivity index is 1.72. The van der Waals surface area contributed by atoms with E-state index in [1.165, 1.54) is 6.07 Å². The Bertz CT molecular complexity index is 1100. The number of carbonyl (C=O) groups is 1. The van der Waals surface area contributed by atoms with Crippen LogP contribution < -0.4 is 14.8 Å². The van der Waals surface area contributed by atoms with Crippen molar-refractivity contribution >= 4 is 27.3 Å². The Hall–Kier alpha value is -3.33. The molecule has 0 aliphatic rings. The molecule has 3 rings (SSSR count). The number of benzene rings is 2. The minimum absolute atomic E-state index is 0.0313. The van der Waals surface area contributed by atoms with Crippen LogP contribution in [-0.2, 0) is 10.0 Å². The van der Waals surface area contributed by atoms with Gasteiger partial charge >= 0.3 is 0 Å². The lowest BCUT2D eigenvalue weighted by Gasteiger charge is -2.07. The Kier molecular flexibility index (Phi) is 5.88. The number of nitrogens with one attached hydrogen (secondary N) is 3. The van der Waals surface area contributed by atoms with Gasteiger partial charge in [0.05, 0.1) is 6.61 Å². The monoisotopic (exact) mass is 414 g/mol. The van der Waals surface area contributed by atoms with E-state index in [0.717, 1.165) is 11.1 Å². The number of rotatable bonds is 7. The molecule has 0 saturated heterocycles. The zero-order chi connectivity index (χ0) is 21.0. The number of anilines is 2. The van der Waals surface area contributed by atoms with Crippen LogP contribution >= 0.6 is 0 Å². The van der Waals surface area contributed by atoms with Gasteiger partial charge in [-0.15, -0.1) is 0 Å². The molecule has 3 N–H and O–H groups in total. The predicted molar refractivity (Wildman–Crippen MR) is 111 cm³/mol. The number of carbonyl (C=O) groups excluding carboxylic acids is 1. The third kappa shape index (κ3) is 5.14. The average Bonchev–Trinajstić information content (AvgIpc) is 3.14. The number of ether oxygens (including phenoxy) is 1. The fraction of sp³-hybridized carbons (Fsp3) is 0.200. The number of sulfonamides is 1. The van der Waals surface area contributed by atoms with E-state index in [1.54, 1.807) is 24.3 Å². The summed E-state index contributed by atoms with van der Waals surface area (Å²) in [5.41, 5.74) is 2.96. The van der Waals surface area contributed by atoms with Crippen molar-refractivity contribution in [2.75, 3.05) is 16.6 Å². The van der Waals surface area contributed by atoms with Crippen molar-refractivity contribution < 1.29 is 17.9 Å². The largest absolute Gasteiger partial charge is 0.494 e. The minimum Gasteiger partial charge on any atom is -0.494 e. The molecule has 0 spiro atoms. The second-order valence-electron chi connectivity index (χ2n) is 6.51. The van der Waals surface area contributed by atoms with Crippen molar-refractivity contribution in [2.45, 2.75) is 25.8 Å². The molecule has 8 nitrogen and oxygen atoms in total. The number of hydrogen-bond donors (Lipinski definition) is 3. The van der Waals surface area contributed by atoms with E-state index < -0.39 is 15.9 Å². The summed E-state index contributed by atoms with van der Waals surface area (Å²) in [5, 5.41) is 8.74. The fourth-order valence-corrected chi connectivity index (χ4v) is 3.78. The highest BCUT2D eigenvalue weighted by molar-refractivity contribution is 7.92. The molecule has 0 fully saturated rings. The fourth-order valence-electron chi connectivity index (χ4n) is 2.80. The van der Waals surface area contributed by atoms with Crippen LogP contribution in [0.3, 0.4) is 0 Å². The maximum atomic E-state index is 12.6. The van der Waals surface area contributed by atoms with Crippen molar-refractivity contribution in [1.82, 2.24) is 10.2 Å². The molecule has 0 saturated carbocycles. The first-order valence-corrected chi connectivity index (χ1v) is 10.5. The molecule has 0 unspecified atom stereocenters. The molecule has 1 aromatic heterocycles. The summed E-state index contributed by atoms with van der Waals surface area (Å²) in [5.74, 6) is 0.135. The van der Waals surface area contributed by atoms with E-state index in [9.17, 15) is 13.2 Å². The standard InChI is InChI=1S/C20H22N4O4S/c1-4-28-17-7-5-15(6-8-17)24-29(26,27)19-12-18(22-23-19)20(25)21-16-10-13(2)9-14(3)11-16/h5-12,24H,4H2,1-3H3,(H,21,25)(H,22,23). The highest BCUT2D eigenvalue weighted by atomic mass is 32.2. The second-order valence-corrected chi connectivity index (χ2v) is 8.16. The number of aromatic amines is 1. The summed E-state index contributed by atoms with van der Waals surface area (Å²) in [7, 11) is -3.93. The van der Waals surface area contributed by atoms with Crippen LogP contribution in [0.1, 0.15) is 28.5 Å². The van der Waals surface area contributed by atoms with Gasteiger partial charge < -0.3 is 10.1 Å². The van der Waals surface area contributed by atoms with E-state index in [4.69, 9.17) is 4.74 Å². The van der Waals surface area contributed by atoms with Gasteiger partial charge in [-0.2, -0.15) is 13.5 Å². The highest BCUT2D eigenvalue weighted by Gasteiger charge is 2.20. The molecule has 9 heteroatoms. The lowest BCUT2D eigenvalue weighted by molar-refractivity contribution is 0.102. The number of aromatic nitrogens is 2. The zero-order valence-corrected chi connectivity index (χ0v) is 17.1. The zero-order valence-electron chi connectivity index (χ0n) is 16.3. The van der Waals surface area contributed by atoms with E-state index in [1.807, 2.05) is 39.0 Å². The highest BCUT2D eigenvalue weighted by Crippen LogP contribution is 2.20. The van der Waals surface area contributed by atoms with Crippen molar-refractivity contribution in [2.24, 2.45) is 0 Å². The van der Waals surface area contributed by atoms with Gasteiger partial charge in [-0.1, -0.05) is 6.07 Å². The number of aryl methyl sites for hydroxylation is 2. The molecule has 0 atom stereocenters. The van der Waals surface area contributed by atoms with Gasteiger partial charge in [0.1, 0.15) is 5.75 Å². The van der Waals surface area contributed by atoms with Gasteiger partial charge in [-0.3, -0.25) is 14.6 Å².